The molecule has 2 fully saturated rings. The first-order chi connectivity index (χ1) is 13.6. The van der Waals surface area contributed by atoms with Crippen LogP contribution < -0.4 is 5.32 Å². The predicted octanol–water partition coefficient (Wildman–Crippen LogP) is 2.64. The molecule has 2 unspecified atom stereocenters. The molecule has 2 aliphatic heterocycles. The van der Waals surface area contributed by atoms with E-state index in [2.05, 4.69) is 57.4 Å². The van der Waals surface area contributed by atoms with E-state index in [4.69, 9.17) is 0 Å². The van der Waals surface area contributed by atoms with Crippen molar-refractivity contribution in [3.05, 3.63) is 35.9 Å². The Morgan fingerprint density at radius 3 is 2.66 bits per heavy atom. The average Bonchev–Trinajstić information content (AvgIpc) is 2.71. The Morgan fingerprint density at radius 2 is 1.97 bits per heavy atom. The van der Waals surface area contributed by atoms with E-state index in [1.54, 1.807) is 19.0 Å². The topological polar surface area (TPSA) is 51.2 Å². The minimum absolute atomic E-state index is 0. The van der Waals surface area contributed by atoms with Crippen molar-refractivity contribution < 1.29 is 4.79 Å². The van der Waals surface area contributed by atoms with Gasteiger partial charge in [-0.3, -0.25) is 9.69 Å². The number of fused-ring (bicyclic) bond motifs is 1. The molecule has 0 bridgehead atoms. The zero-order valence-electron chi connectivity index (χ0n) is 18.0. The Bertz CT molecular complexity index is 666. The molecule has 162 valence electrons. The van der Waals surface area contributed by atoms with Crippen LogP contribution in [0.5, 0.6) is 0 Å². The number of nitrogens with zero attached hydrogens (tertiary/aromatic N) is 4. The molecule has 0 spiro atoms. The molecule has 0 aliphatic carbocycles. The van der Waals surface area contributed by atoms with Gasteiger partial charge >= 0.3 is 0 Å². The van der Waals surface area contributed by atoms with Gasteiger partial charge in [0.05, 0.1) is 0 Å². The first-order valence-electron chi connectivity index (χ1n) is 10.6. The number of halogens is 1. The number of carbonyl (C=O) groups excluding carboxylic acids is 1. The summed E-state index contributed by atoms with van der Waals surface area (Å²) in [4.78, 5) is 23.2. The molecule has 2 atom stereocenters. The first kappa shape index (κ1) is 23.9. The van der Waals surface area contributed by atoms with Crippen molar-refractivity contribution in [1.29, 1.82) is 0 Å². The molecule has 2 heterocycles. The summed E-state index contributed by atoms with van der Waals surface area (Å²) in [6.45, 7) is 7.37. The summed E-state index contributed by atoms with van der Waals surface area (Å²) in [5, 5.41) is 3.38. The van der Waals surface area contributed by atoms with Gasteiger partial charge in [0, 0.05) is 46.3 Å². The van der Waals surface area contributed by atoms with Crippen LogP contribution in [0.4, 0.5) is 0 Å². The fraction of sp³-hybridized carbons (Fsp3) is 0.636. The number of nitrogens with one attached hydrogen (secondary N) is 1. The van der Waals surface area contributed by atoms with E-state index in [0.717, 1.165) is 38.6 Å². The van der Waals surface area contributed by atoms with Crippen molar-refractivity contribution in [2.24, 2.45) is 10.9 Å². The van der Waals surface area contributed by atoms with Gasteiger partial charge in [-0.05, 0) is 44.2 Å². The lowest BCUT2D eigenvalue weighted by molar-refractivity contribution is -0.127. The summed E-state index contributed by atoms with van der Waals surface area (Å²) >= 11 is 0. The van der Waals surface area contributed by atoms with Gasteiger partial charge in [-0.25, -0.2) is 4.99 Å². The van der Waals surface area contributed by atoms with Gasteiger partial charge in [0.25, 0.3) is 0 Å². The molecule has 1 amide bonds. The maximum atomic E-state index is 11.9. The fourth-order valence-corrected chi connectivity index (χ4v) is 4.42. The quantitative estimate of drug-likeness (QED) is 0.374. The number of hydrogen-bond acceptors (Lipinski definition) is 3. The maximum Gasteiger partial charge on any atom is 0.243 e. The van der Waals surface area contributed by atoms with E-state index in [9.17, 15) is 4.79 Å². The van der Waals surface area contributed by atoms with Gasteiger partial charge in [0.1, 0.15) is 6.54 Å². The van der Waals surface area contributed by atoms with Crippen molar-refractivity contribution in [2.45, 2.75) is 38.8 Å². The number of amides is 1. The van der Waals surface area contributed by atoms with Gasteiger partial charge < -0.3 is 15.1 Å². The normalized spacial score (nSPS) is 22.4. The number of aliphatic imine (C=N–C) groups is 1. The summed E-state index contributed by atoms with van der Waals surface area (Å²) in [5.74, 6) is 1.59. The molecule has 3 rings (SSSR count). The monoisotopic (exact) mass is 513 g/mol. The van der Waals surface area contributed by atoms with E-state index < -0.39 is 0 Å². The zero-order chi connectivity index (χ0) is 19.9. The SMILES string of the molecule is CCNC(=NCC(=O)N(C)C)N1CCC2C(CCCN2Cc2ccccc2)C1.I. The number of likely N-dealkylation sites (tertiary alicyclic amines) is 2. The smallest absolute Gasteiger partial charge is 0.243 e. The lowest BCUT2D eigenvalue weighted by atomic mass is 9.83. The minimum Gasteiger partial charge on any atom is -0.357 e. The van der Waals surface area contributed by atoms with Gasteiger partial charge in [-0.1, -0.05) is 30.3 Å². The van der Waals surface area contributed by atoms with E-state index in [0.29, 0.717) is 12.0 Å². The molecule has 6 nitrogen and oxygen atoms in total. The Kier molecular flexibility index (Phi) is 9.68. The summed E-state index contributed by atoms with van der Waals surface area (Å²) in [7, 11) is 3.55. The summed E-state index contributed by atoms with van der Waals surface area (Å²) in [6, 6.07) is 11.5. The lowest BCUT2D eigenvalue weighted by Gasteiger charge is -2.48. The fourth-order valence-electron chi connectivity index (χ4n) is 4.42. The molecule has 7 heteroatoms. The van der Waals surface area contributed by atoms with Crippen molar-refractivity contribution in [3.63, 3.8) is 0 Å². The molecule has 1 aromatic rings. The molecule has 29 heavy (non-hydrogen) atoms. The summed E-state index contributed by atoms with van der Waals surface area (Å²) in [6.07, 6.45) is 3.70. The van der Waals surface area contributed by atoms with Crippen LogP contribution in [0.2, 0.25) is 0 Å². The van der Waals surface area contributed by atoms with Crippen LogP contribution in [-0.2, 0) is 11.3 Å². The minimum atomic E-state index is 0. The molecular weight excluding hydrogens is 477 g/mol. The third-order valence-electron chi connectivity index (χ3n) is 5.91. The second-order valence-electron chi connectivity index (χ2n) is 8.12. The van der Waals surface area contributed by atoms with Gasteiger partial charge in [-0.2, -0.15) is 0 Å². The van der Waals surface area contributed by atoms with Crippen molar-refractivity contribution in [2.75, 3.05) is 46.8 Å². The highest BCUT2D eigenvalue weighted by molar-refractivity contribution is 14.0. The van der Waals surface area contributed by atoms with Crippen molar-refractivity contribution in [1.82, 2.24) is 20.0 Å². The number of hydrogen-bond donors (Lipinski definition) is 1. The number of guanidine groups is 1. The van der Waals surface area contributed by atoms with Crippen LogP contribution in [0.15, 0.2) is 35.3 Å². The average molecular weight is 513 g/mol. The van der Waals surface area contributed by atoms with Crippen molar-refractivity contribution in [3.8, 4) is 0 Å². The van der Waals surface area contributed by atoms with Gasteiger partial charge in [-0.15, -0.1) is 24.0 Å². The Hall–Kier alpha value is -1.35. The van der Waals surface area contributed by atoms with Crippen molar-refractivity contribution >= 4 is 35.8 Å². The van der Waals surface area contributed by atoms with E-state index in [1.807, 2.05) is 0 Å². The van der Waals surface area contributed by atoms with Gasteiger partial charge in [0.2, 0.25) is 5.91 Å². The molecule has 0 aromatic heterocycles. The zero-order valence-corrected chi connectivity index (χ0v) is 20.3. The molecule has 2 saturated heterocycles. The number of carbonyl (C=O) groups is 1. The number of benzene rings is 1. The second-order valence-corrected chi connectivity index (χ2v) is 8.12. The molecular formula is C22H36IN5O. The Balaban J connectivity index is 0.00000300. The van der Waals surface area contributed by atoms with E-state index in [1.165, 1.54) is 24.9 Å². The van der Waals surface area contributed by atoms with Gasteiger partial charge in [0.15, 0.2) is 5.96 Å². The first-order valence-corrected chi connectivity index (χ1v) is 10.6. The molecule has 2 aliphatic rings. The number of likely N-dealkylation sites (N-methyl/N-ethyl adjacent to an activating group) is 1. The van der Waals surface area contributed by atoms with Crippen LogP contribution >= 0.6 is 24.0 Å². The number of rotatable bonds is 5. The predicted molar refractivity (Wildman–Crippen MR) is 130 cm³/mol. The standard InChI is InChI=1S/C22H35N5O.HI/c1-4-23-22(24-15-21(28)25(2)3)27-14-12-20-19(17-27)11-8-13-26(20)16-18-9-6-5-7-10-18;/h5-7,9-10,19-20H,4,8,11-17H2,1-3H3,(H,23,24);1H. The highest BCUT2D eigenvalue weighted by atomic mass is 127. The largest absolute Gasteiger partial charge is 0.357 e. The molecule has 0 radical (unpaired) electrons. The van der Waals surface area contributed by atoms with E-state index >= 15 is 0 Å². The highest BCUT2D eigenvalue weighted by Crippen LogP contribution is 2.31. The third kappa shape index (κ3) is 6.57. The third-order valence-corrected chi connectivity index (χ3v) is 5.91. The Labute approximate surface area is 192 Å². The molecule has 1 N–H and O–H groups in total. The van der Waals surface area contributed by atoms with Crippen LogP contribution in [0.3, 0.4) is 0 Å². The van der Waals surface area contributed by atoms with Crippen LogP contribution in [-0.4, -0.2) is 79.4 Å². The molecule has 0 saturated carbocycles. The summed E-state index contributed by atoms with van der Waals surface area (Å²) in [5.41, 5.74) is 1.41. The summed E-state index contributed by atoms with van der Waals surface area (Å²) < 4.78 is 0. The Morgan fingerprint density at radius 1 is 1.21 bits per heavy atom. The molecule has 1 aromatic carbocycles. The highest BCUT2D eigenvalue weighted by Gasteiger charge is 2.36. The van der Waals surface area contributed by atoms with E-state index in [-0.39, 0.29) is 36.4 Å². The lowest BCUT2D eigenvalue weighted by Crippen LogP contribution is -2.56. The second kappa shape index (κ2) is 11.7. The van der Waals surface area contributed by atoms with Crippen LogP contribution in [0.1, 0.15) is 31.7 Å². The number of piperidine rings is 2. The maximum absolute atomic E-state index is 11.9. The van der Waals surface area contributed by atoms with Crippen LogP contribution in [0.25, 0.3) is 0 Å². The van der Waals surface area contributed by atoms with Crippen LogP contribution in [0, 0.1) is 5.92 Å².